The minimum atomic E-state index is 0.688. The molecule has 0 saturated carbocycles. The van der Waals surface area contributed by atoms with E-state index in [4.69, 9.17) is 5.73 Å². The maximum atomic E-state index is 5.82. The van der Waals surface area contributed by atoms with Gasteiger partial charge in [0.15, 0.2) is 0 Å². The second kappa shape index (κ2) is 4.24. The molecule has 0 aliphatic rings. The molecule has 0 bridgehead atoms. The molecule has 0 unspecified atom stereocenters. The molecular weight excluding hydrogens is 240 g/mol. The molecule has 3 N–H and O–H groups in total. The number of hydrogen-bond acceptors (Lipinski definition) is 5. The summed E-state index contributed by atoms with van der Waals surface area (Å²) in [5.74, 6) is 0.730. The van der Waals surface area contributed by atoms with Crippen molar-refractivity contribution < 1.29 is 0 Å². The number of nitrogens with zero attached hydrogens (tertiary/aromatic N) is 4. The van der Waals surface area contributed by atoms with Crippen LogP contribution in [0, 0.1) is 6.92 Å². The molecule has 6 nitrogen and oxygen atoms in total. The summed E-state index contributed by atoms with van der Waals surface area (Å²) in [6.07, 6.45) is 3.45. The van der Waals surface area contributed by atoms with E-state index in [2.05, 4.69) is 20.4 Å². The van der Waals surface area contributed by atoms with E-state index in [0.29, 0.717) is 5.69 Å². The smallest absolute Gasteiger partial charge is 0.141 e. The lowest BCUT2D eigenvalue weighted by Gasteiger charge is -2.07. The number of fused-ring (bicyclic) bond motifs is 1. The van der Waals surface area contributed by atoms with Crippen molar-refractivity contribution in [2.45, 2.75) is 6.92 Å². The molecule has 0 spiro atoms. The molecule has 0 radical (unpaired) electrons. The minimum Gasteiger partial charge on any atom is -0.399 e. The molecule has 6 heteroatoms. The summed E-state index contributed by atoms with van der Waals surface area (Å²) in [4.78, 5) is 8.50. The third kappa shape index (κ3) is 2.08. The average molecular weight is 254 g/mol. The molecular formula is C13H14N6. The van der Waals surface area contributed by atoms with Crippen LogP contribution in [0.1, 0.15) is 5.69 Å². The summed E-state index contributed by atoms with van der Waals surface area (Å²) in [7, 11) is 1.88. The van der Waals surface area contributed by atoms with Gasteiger partial charge in [-0.1, -0.05) is 0 Å². The lowest BCUT2D eigenvalue weighted by molar-refractivity contribution is 0.756. The van der Waals surface area contributed by atoms with E-state index < -0.39 is 0 Å². The SMILES string of the molecule is Cc1nn(C)cc1Nc1ncnc2ccc(N)cc12. The topological polar surface area (TPSA) is 81.7 Å². The number of nitrogen functional groups attached to an aromatic ring is 1. The number of aromatic nitrogens is 4. The highest BCUT2D eigenvalue weighted by Gasteiger charge is 2.08. The predicted molar refractivity (Wildman–Crippen MR) is 75.2 cm³/mol. The minimum absolute atomic E-state index is 0.688. The summed E-state index contributed by atoms with van der Waals surface area (Å²) in [6, 6.07) is 5.57. The van der Waals surface area contributed by atoms with Crippen molar-refractivity contribution in [1.82, 2.24) is 19.7 Å². The van der Waals surface area contributed by atoms with E-state index >= 15 is 0 Å². The van der Waals surface area contributed by atoms with Gasteiger partial charge in [-0.3, -0.25) is 4.68 Å². The van der Waals surface area contributed by atoms with E-state index in [9.17, 15) is 0 Å². The average Bonchev–Trinajstić information content (AvgIpc) is 2.69. The highest BCUT2D eigenvalue weighted by Crippen LogP contribution is 2.25. The van der Waals surface area contributed by atoms with Crippen molar-refractivity contribution in [2.24, 2.45) is 7.05 Å². The van der Waals surface area contributed by atoms with E-state index in [0.717, 1.165) is 28.1 Å². The summed E-state index contributed by atoms with van der Waals surface area (Å²) in [6.45, 7) is 1.94. The van der Waals surface area contributed by atoms with Crippen LogP contribution in [0.2, 0.25) is 0 Å². The fourth-order valence-corrected chi connectivity index (χ4v) is 2.02. The number of nitrogens with two attached hydrogens (primary N) is 1. The van der Waals surface area contributed by atoms with E-state index in [1.54, 1.807) is 4.68 Å². The van der Waals surface area contributed by atoms with Gasteiger partial charge in [0.25, 0.3) is 0 Å². The van der Waals surface area contributed by atoms with Crippen molar-refractivity contribution in [3.05, 3.63) is 36.4 Å². The van der Waals surface area contributed by atoms with Gasteiger partial charge in [-0.15, -0.1) is 0 Å². The molecule has 0 atom stereocenters. The molecule has 0 aliphatic heterocycles. The van der Waals surface area contributed by atoms with Crippen molar-refractivity contribution >= 4 is 28.1 Å². The summed E-state index contributed by atoms with van der Waals surface area (Å²) in [5, 5.41) is 8.46. The first kappa shape index (κ1) is 11.5. The van der Waals surface area contributed by atoms with Gasteiger partial charge >= 0.3 is 0 Å². The third-order valence-corrected chi connectivity index (χ3v) is 2.93. The van der Waals surface area contributed by atoms with Crippen LogP contribution in [0.4, 0.5) is 17.2 Å². The fraction of sp³-hybridized carbons (Fsp3) is 0.154. The molecule has 96 valence electrons. The van der Waals surface area contributed by atoms with Crippen molar-refractivity contribution in [1.29, 1.82) is 0 Å². The van der Waals surface area contributed by atoms with Crippen LogP contribution in [-0.4, -0.2) is 19.7 Å². The maximum Gasteiger partial charge on any atom is 0.141 e. The molecule has 0 saturated heterocycles. The van der Waals surface area contributed by atoms with Crippen LogP contribution in [0.25, 0.3) is 10.9 Å². The first-order valence-corrected chi connectivity index (χ1v) is 5.91. The van der Waals surface area contributed by atoms with Gasteiger partial charge in [0.05, 0.1) is 16.9 Å². The zero-order chi connectivity index (χ0) is 13.4. The normalized spacial score (nSPS) is 10.8. The van der Waals surface area contributed by atoms with Crippen LogP contribution in [0.15, 0.2) is 30.7 Å². The Kier molecular flexibility index (Phi) is 2.56. The summed E-state index contributed by atoms with van der Waals surface area (Å²) >= 11 is 0. The van der Waals surface area contributed by atoms with Crippen molar-refractivity contribution in [3.63, 3.8) is 0 Å². The largest absolute Gasteiger partial charge is 0.399 e. The Labute approximate surface area is 110 Å². The first-order valence-electron chi connectivity index (χ1n) is 5.91. The first-order chi connectivity index (χ1) is 9.13. The Morgan fingerprint density at radius 2 is 2.11 bits per heavy atom. The Morgan fingerprint density at radius 1 is 1.26 bits per heavy atom. The number of nitrogens with one attached hydrogen (secondary N) is 1. The third-order valence-electron chi connectivity index (χ3n) is 2.93. The number of hydrogen-bond donors (Lipinski definition) is 2. The van der Waals surface area contributed by atoms with Crippen molar-refractivity contribution in [2.75, 3.05) is 11.1 Å². The molecule has 2 aromatic heterocycles. The zero-order valence-electron chi connectivity index (χ0n) is 10.8. The number of aryl methyl sites for hydroxylation is 2. The molecule has 3 aromatic rings. The zero-order valence-corrected chi connectivity index (χ0v) is 10.8. The van der Waals surface area contributed by atoms with Gasteiger partial charge in [0.1, 0.15) is 12.1 Å². The Morgan fingerprint density at radius 3 is 2.84 bits per heavy atom. The molecule has 1 aromatic carbocycles. The molecule has 2 heterocycles. The van der Waals surface area contributed by atoms with Crippen LogP contribution >= 0.6 is 0 Å². The van der Waals surface area contributed by atoms with Gasteiger partial charge in [-0.2, -0.15) is 5.10 Å². The molecule has 19 heavy (non-hydrogen) atoms. The Bertz CT molecular complexity index is 746. The van der Waals surface area contributed by atoms with Gasteiger partial charge in [0, 0.05) is 24.3 Å². The standard InChI is InChI=1S/C13H14N6/c1-8-12(6-19(2)18-8)17-13-10-5-9(14)3-4-11(10)15-7-16-13/h3-7H,14H2,1-2H3,(H,15,16,17). The monoisotopic (exact) mass is 254 g/mol. The lowest BCUT2D eigenvalue weighted by Crippen LogP contribution is -1.97. The van der Waals surface area contributed by atoms with Crippen LogP contribution in [0.3, 0.4) is 0 Å². The molecule has 0 fully saturated rings. The van der Waals surface area contributed by atoms with Crippen molar-refractivity contribution in [3.8, 4) is 0 Å². The van der Waals surface area contributed by atoms with Gasteiger partial charge in [-0.05, 0) is 25.1 Å². The van der Waals surface area contributed by atoms with Gasteiger partial charge in [-0.25, -0.2) is 9.97 Å². The van der Waals surface area contributed by atoms with Crippen LogP contribution < -0.4 is 11.1 Å². The quantitative estimate of drug-likeness (QED) is 0.683. The number of anilines is 3. The Balaban J connectivity index is 2.10. The second-order valence-electron chi connectivity index (χ2n) is 4.43. The molecule has 0 amide bonds. The predicted octanol–water partition coefficient (Wildman–Crippen LogP) is 2.00. The highest BCUT2D eigenvalue weighted by molar-refractivity contribution is 5.92. The van der Waals surface area contributed by atoms with Crippen LogP contribution in [0.5, 0.6) is 0 Å². The summed E-state index contributed by atoms with van der Waals surface area (Å²) in [5.41, 5.74) is 9.20. The van der Waals surface area contributed by atoms with E-state index in [1.807, 2.05) is 38.4 Å². The second-order valence-corrected chi connectivity index (χ2v) is 4.43. The maximum absolute atomic E-state index is 5.82. The van der Waals surface area contributed by atoms with Gasteiger partial charge in [0.2, 0.25) is 0 Å². The molecule has 0 aliphatic carbocycles. The number of rotatable bonds is 2. The lowest BCUT2D eigenvalue weighted by atomic mass is 10.2. The number of benzene rings is 1. The Hall–Kier alpha value is -2.63. The van der Waals surface area contributed by atoms with E-state index in [1.165, 1.54) is 6.33 Å². The molecule has 3 rings (SSSR count). The fourth-order valence-electron chi connectivity index (χ4n) is 2.02. The van der Waals surface area contributed by atoms with Gasteiger partial charge < -0.3 is 11.1 Å². The van der Waals surface area contributed by atoms with Crippen LogP contribution in [-0.2, 0) is 7.05 Å². The highest BCUT2D eigenvalue weighted by atomic mass is 15.3. The summed E-state index contributed by atoms with van der Waals surface area (Å²) < 4.78 is 1.76. The van der Waals surface area contributed by atoms with E-state index in [-0.39, 0.29) is 0 Å².